The summed E-state index contributed by atoms with van der Waals surface area (Å²) in [4.78, 5) is 11.0. The molecule has 0 bridgehead atoms. The Hall–Kier alpha value is -1.05. The van der Waals surface area contributed by atoms with Gasteiger partial charge in [0.25, 0.3) is 0 Å². The molecule has 0 aliphatic rings. The molecule has 0 aliphatic carbocycles. The average molecular weight is 167 g/mol. The molecule has 1 N–H and O–H groups in total. The van der Waals surface area contributed by atoms with Crippen LogP contribution in [0.4, 0.5) is 0 Å². The van der Waals surface area contributed by atoms with Gasteiger partial charge in [-0.3, -0.25) is 4.79 Å². The van der Waals surface area contributed by atoms with Crippen molar-refractivity contribution in [3.8, 4) is 0 Å². The number of nitrogens with one attached hydrogen (secondary N) is 1. The average Bonchev–Trinajstić information content (AvgIpc) is 2.06. The second kappa shape index (κ2) is 8.05. The minimum Gasteiger partial charge on any atom is -0.353 e. The minimum absolute atomic E-state index is 0.0125. The summed E-state index contributed by atoms with van der Waals surface area (Å²) in [5.74, 6) is -0.0125. The second-order valence-corrected chi connectivity index (χ2v) is 2.53. The van der Waals surface area contributed by atoms with E-state index in [2.05, 4.69) is 12.2 Å². The number of carbonyl (C=O) groups is 1. The van der Waals surface area contributed by atoms with E-state index in [1.165, 1.54) is 6.08 Å². The lowest BCUT2D eigenvalue weighted by atomic mass is 10.3. The van der Waals surface area contributed by atoms with Gasteiger partial charge in [0.05, 0.1) is 0 Å². The van der Waals surface area contributed by atoms with Crippen LogP contribution in [-0.4, -0.2) is 12.5 Å². The third-order valence-corrected chi connectivity index (χ3v) is 1.38. The monoisotopic (exact) mass is 167 g/mol. The summed E-state index contributed by atoms with van der Waals surface area (Å²) < 4.78 is 0. The van der Waals surface area contributed by atoms with Crippen LogP contribution in [0.1, 0.15) is 26.7 Å². The number of hydrogen-bond donors (Lipinski definition) is 1. The number of hydrogen-bond acceptors (Lipinski definition) is 1. The summed E-state index contributed by atoms with van der Waals surface area (Å²) in [6.45, 7) is 4.79. The summed E-state index contributed by atoms with van der Waals surface area (Å²) in [5.41, 5.74) is 0. The van der Waals surface area contributed by atoms with Gasteiger partial charge in [-0.1, -0.05) is 31.6 Å². The fourth-order valence-corrected chi connectivity index (χ4v) is 0.701. The van der Waals surface area contributed by atoms with Gasteiger partial charge in [-0.2, -0.15) is 0 Å². The number of unbranched alkanes of at least 4 members (excludes halogenated alkanes) is 1. The number of carbonyl (C=O) groups excluding carboxylic acids is 1. The van der Waals surface area contributed by atoms with Gasteiger partial charge in [-0.25, -0.2) is 0 Å². The van der Waals surface area contributed by atoms with Gasteiger partial charge in [-0.15, -0.1) is 0 Å². The Morgan fingerprint density at radius 3 is 2.75 bits per heavy atom. The molecule has 68 valence electrons. The van der Waals surface area contributed by atoms with Crippen LogP contribution in [0.3, 0.4) is 0 Å². The van der Waals surface area contributed by atoms with Crippen molar-refractivity contribution in [3.63, 3.8) is 0 Å². The van der Waals surface area contributed by atoms with Crippen LogP contribution in [0.5, 0.6) is 0 Å². The molecular weight excluding hydrogens is 150 g/mol. The first-order chi connectivity index (χ1) is 5.81. The number of allylic oxidation sites excluding steroid dienone is 3. The zero-order chi connectivity index (χ0) is 9.23. The predicted octanol–water partition coefficient (Wildman–Crippen LogP) is 2.04. The molecule has 0 radical (unpaired) electrons. The van der Waals surface area contributed by atoms with Gasteiger partial charge < -0.3 is 5.32 Å². The summed E-state index contributed by atoms with van der Waals surface area (Å²) in [5, 5.41) is 2.78. The Morgan fingerprint density at radius 1 is 1.42 bits per heavy atom. The van der Waals surface area contributed by atoms with E-state index in [1.54, 1.807) is 6.08 Å². The second-order valence-electron chi connectivity index (χ2n) is 2.53. The molecule has 0 unspecified atom stereocenters. The van der Waals surface area contributed by atoms with Crippen molar-refractivity contribution in [1.82, 2.24) is 5.32 Å². The van der Waals surface area contributed by atoms with Crippen molar-refractivity contribution in [2.45, 2.75) is 26.7 Å². The summed E-state index contributed by atoms with van der Waals surface area (Å²) in [7, 11) is 0. The molecule has 0 fully saturated rings. The van der Waals surface area contributed by atoms with E-state index in [0.717, 1.165) is 19.4 Å². The Balaban J connectivity index is 3.45. The summed E-state index contributed by atoms with van der Waals surface area (Å²) in [6, 6.07) is 0. The normalized spacial score (nSPS) is 11.2. The zero-order valence-corrected chi connectivity index (χ0v) is 7.84. The van der Waals surface area contributed by atoms with Crippen LogP contribution in [0.15, 0.2) is 24.3 Å². The predicted molar refractivity (Wildman–Crippen MR) is 51.9 cm³/mol. The van der Waals surface area contributed by atoms with Crippen LogP contribution in [-0.2, 0) is 4.79 Å². The van der Waals surface area contributed by atoms with E-state index in [-0.39, 0.29) is 5.91 Å². The molecule has 12 heavy (non-hydrogen) atoms. The van der Waals surface area contributed by atoms with Gasteiger partial charge in [0, 0.05) is 12.6 Å². The van der Waals surface area contributed by atoms with E-state index in [0.29, 0.717) is 0 Å². The first-order valence-corrected chi connectivity index (χ1v) is 4.38. The van der Waals surface area contributed by atoms with E-state index < -0.39 is 0 Å². The van der Waals surface area contributed by atoms with E-state index >= 15 is 0 Å². The van der Waals surface area contributed by atoms with Crippen molar-refractivity contribution in [2.75, 3.05) is 6.54 Å². The fourth-order valence-electron chi connectivity index (χ4n) is 0.701. The first kappa shape index (κ1) is 11.0. The molecule has 2 nitrogen and oxygen atoms in total. The van der Waals surface area contributed by atoms with Gasteiger partial charge in [0.1, 0.15) is 0 Å². The summed E-state index contributed by atoms with van der Waals surface area (Å²) in [6.07, 6.45) is 9.15. The van der Waals surface area contributed by atoms with Gasteiger partial charge in [0.15, 0.2) is 0 Å². The van der Waals surface area contributed by atoms with Gasteiger partial charge in [-0.05, 0) is 13.3 Å². The fraction of sp³-hybridized carbons (Fsp3) is 0.500. The highest BCUT2D eigenvalue weighted by Gasteiger charge is 1.90. The molecule has 2 heteroatoms. The quantitative estimate of drug-likeness (QED) is 0.379. The van der Waals surface area contributed by atoms with Gasteiger partial charge in [0.2, 0.25) is 5.91 Å². The molecule has 0 saturated heterocycles. The van der Waals surface area contributed by atoms with Crippen LogP contribution in [0, 0.1) is 0 Å². The van der Waals surface area contributed by atoms with Crippen molar-refractivity contribution < 1.29 is 4.79 Å². The van der Waals surface area contributed by atoms with Crippen molar-refractivity contribution in [3.05, 3.63) is 24.3 Å². The molecule has 1 amide bonds. The van der Waals surface area contributed by atoms with E-state index in [9.17, 15) is 4.79 Å². The smallest absolute Gasteiger partial charge is 0.243 e. The topological polar surface area (TPSA) is 29.1 Å². The largest absolute Gasteiger partial charge is 0.353 e. The van der Waals surface area contributed by atoms with Crippen LogP contribution in [0.2, 0.25) is 0 Å². The molecule has 0 spiro atoms. The number of rotatable bonds is 5. The molecule has 0 heterocycles. The molecule has 0 saturated carbocycles. The lowest BCUT2D eigenvalue weighted by Gasteiger charge is -1.97. The van der Waals surface area contributed by atoms with Crippen LogP contribution < -0.4 is 5.32 Å². The Bertz CT molecular complexity index is 171. The SMILES string of the molecule is CC=CC=CC(=O)NCCCC. The maximum absolute atomic E-state index is 11.0. The third kappa shape index (κ3) is 7.06. The standard InChI is InChI=1S/C10H17NO/c1-3-5-7-8-10(12)11-9-6-4-2/h3,5,7-8H,4,6,9H2,1-2H3,(H,11,12). The maximum atomic E-state index is 11.0. The highest BCUT2D eigenvalue weighted by Crippen LogP contribution is 1.83. The van der Waals surface area contributed by atoms with Gasteiger partial charge >= 0.3 is 0 Å². The minimum atomic E-state index is -0.0125. The third-order valence-electron chi connectivity index (χ3n) is 1.38. The van der Waals surface area contributed by atoms with Crippen molar-refractivity contribution in [1.29, 1.82) is 0 Å². The number of amides is 1. The molecule has 0 aromatic carbocycles. The molecule has 0 atom stereocenters. The van der Waals surface area contributed by atoms with Crippen molar-refractivity contribution in [2.24, 2.45) is 0 Å². The molecule has 0 aromatic rings. The lowest BCUT2D eigenvalue weighted by Crippen LogP contribution is -2.21. The molecule has 0 rings (SSSR count). The summed E-state index contributed by atoms with van der Waals surface area (Å²) >= 11 is 0. The Morgan fingerprint density at radius 2 is 2.17 bits per heavy atom. The van der Waals surface area contributed by atoms with Crippen molar-refractivity contribution >= 4 is 5.91 Å². The van der Waals surface area contributed by atoms with Crippen LogP contribution in [0.25, 0.3) is 0 Å². The molecular formula is C10H17NO. The molecule has 0 aromatic heterocycles. The Kier molecular flexibility index (Phi) is 7.35. The zero-order valence-electron chi connectivity index (χ0n) is 7.84. The van der Waals surface area contributed by atoms with E-state index in [1.807, 2.05) is 19.1 Å². The molecule has 0 aliphatic heterocycles. The lowest BCUT2D eigenvalue weighted by molar-refractivity contribution is -0.116. The maximum Gasteiger partial charge on any atom is 0.243 e. The Labute approximate surface area is 74.4 Å². The first-order valence-electron chi connectivity index (χ1n) is 4.38. The van der Waals surface area contributed by atoms with E-state index in [4.69, 9.17) is 0 Å². The van der Waals surface area contributed by atoms with Crippen LogP contribution >= 0.6 is 0 Å². The highest BCUT2D eigenvalue weighted by atomic mass is 16.1. The highest BCUT2D eigenvalue weighted by molar-refractivity contribution is 5.87.